The lowest BCUT2D eigenvalue weighted by molar-refractivity contribution is 0.251. The van der Waals surface area contributed by atoms with Gasteiger partial charge >= 0.3 is 0 Å². The molecule has 0 spiro atoms. The van der Waals surface area contributed by atoms with Crippen molar-refractivity contribution in [1.29, 1.82) is 0 Å². The molecule has 0 bridgehead atoms. The maximum atomic E-state index is 6.04. The Hall–Kier alpha value is -1.84. The molecule has 4 rings (SSSR count). The molecule has 3 aromatic rings. The van der Waals surface area contributed by atoms with Crippen LogP contribution in [0, 0.1) is 6.92 Å². The summed E-state index contributed by atoms with van der Waals surface area (Å²) >= 11 is 6.04. The summed E-state index contributed by atoms with van der Waals surface area (Å²) in [6, 6.07) is 15.3. The molecular weight excluding hydrogens is 330 g/mol. The zero-order valence-corrected chi connectivity index (χ0v) is 15.6. The Morgan fingerprint density at radius 3 is 2.64 bits per heavy atom. The Balaban J connectivity index is 1.74. The van der Waals surface area contributed by atoms with Gasteiger partial charge in [-0.3, -0.25) is 4.90 Å². The van der Waals surface area contributed by atoms with Crippen molar-refractivity contribution in [3.63, 3.8) is 0 Å². The number of imidazole rings is 1. The Morgan fingerprint density at radius 2 is 1.92 bits per heavy atom. The molecule has 1 saturated heterocycles. The molecule has 2 heterocycles. The third-order valence-electron chi connectivity index (χ3n) is 5.27. The first-order valence-corrected chi connectivity index (χ1v) is 9.42. The third-order valence-corrected chi connectivity index (χ3v) is 5.52. The summed E-state index contributed by atoms with van der Waals surface area (Å²) in [4.78, 5) is 7.51. The molecule has 1 aliphatic rings. The third kappa shape index (κ3) is 3.44. The number of nitrogens with zero attached hydrogens (tertiary/aromatic N) is 3. The Morgan fingerprint density at radius 1 is 1.12 bits per heavy atom. The van der Waals surface area contributed by atoms with E-state index in [0.29, 0.717) is 6.04 Å². The van der Waals surface area contributed by atoms with E-state index >= 15 is 0 Å². The van der Waals surface area contributed by atoms with Crippen LogP contribution >= 0.6 is 11.6 Å². The zero-order valence-electron chi connectivity index (χ0n) is 14.9. The fourth-order valence-electron chi connectivity index (χ4n) is 3.76. The number of benzene rings is 2. The van der Waals surface area contributed by atoms with Crippen molar-refractivity contribution in [3.05, 3.63) is 64.4 Å². The van der Waals surface area contributed by atoms with E-state index < -0.39 is 0 Å². The van der Waals surface area contributed by atoms with Crippen molar-refractivity contribution < 1.29 is 0 Å². The number of hydrogen-bond acceptors (Lipinski definition) is 2. The minimum Gasteiger partial charge on any atom is -0.322 e. The smallest absolute Gasteiger partial charge is 0.124 e. The fourth-order valence-corrected chi connectivity index (χ4v) is 3.89. The molecule has 1 fully saturated rings. The molecule has 1 aromatic heterocycles. The molecule has 130 valence electrons. The van der Waals surface area contributed by atoms with E-state index in [2.05, 4.69) is 53.6 Å². The molecular formula is C21H24ClN3. The standard InChI is InChI=1S/C21H24ClN3/c1-15-5-10-19-20(12-15)25(13-17-6-8-18(22)9-7-17)21(23-19)14-24-11-3-4-16(24)2/h5-10,12,16H,3-4,11,13-14H2,1-2H3/t16-/m0/s1. The van der Waals surface area contributed by atoms with Gasteiger partial charge in [-0.15, -0.1) is 0 Å². The Labute approximate surface area is 154 Å². The van der Waals surface area contributed by atoms with E-state index in [1.54, 1.807) is 0 Å². The second-order valence-corrected chi connectivity index (χ2v) is 7.63. The van der Waals surface area contributed by atoms with Gasteiger partial charge in [0, 0.05) is 17.6 Å². The monoisotopic (exact) mass is 353 g/mol. The summed E-state index contributed by atoms with van der Waals surface area (Å²) in [5.41, 5.74) is 4.82. The largest absolute Gasteiger partial charge is 0.322 e. The number of aromatic nitrogens is 2. The predicted octanol–water partition coefficient (Wildman–Crippen LogP) is 5.03. The van der Waals surface area contributed by atoms with Crippen LogP contribution in [-0.2, 0) is 13.1 Å². The zero-order chi connectivity index (χ0) is 17.4. The highest BCUT2D eigenvalue weighted by molar-refractivity contribution is 6.30. The molecule has 0 aliphatic carbocycles. The number of aryl methyl sites for hydroxylation is 1. The highest BCUT2D eigenvalue weighted by atomic mass is 35.5. The second kappa shape index (κ2) is 6.81. The second-order valence-electron chi connectivity index (χ2n) is 7.19. The quantitative estimate of drug-likeness (QED) is 0.655. The summed E-state index contributed by atoms with van der Waals surface area (Å²) < 4.78 is 2.37. The van der Waals surface area contributed by atoms with Crippen LogP contribution in [0.1, 0.15) is 36.7 Å². The van der Waals surface area contributed by atoms with E-state index in [-0.39, 0.29) is 0 Å². The molecule has 0 saturated carbocycles. The van der Waals surface area contributed by atoms with E-state index in [1.807, 2.05) is 12.1 Å². The van der Waals surface area contributed by atoms with Crippen molar-refractivity contribution in [1.82, 2.24) is 14.5 Å². The van der Waals surface area contributed by atoms with E-state index in [0.717, 1.165) is 29.5 Å². The minimum atomic E-state index is 0.644. The lowest BCUT2D eigenvalue weighted by Crippen LogP contribution is -2.28. The highest BCUT2D eigenvalue weighted by Crippen LogP contribution is 2.24. The number of fused-ring (bicyclic) bond motifs is 1. The molecule has 3 nitrogen and oxygen atoms in total. The van der Waals surface area contributed by atoms with Gasteiger partial charge in [0.2, 0.25) is 0 Å². The first-order valence-electron chi connectivity index (χ1n) is 9.04. The topological polar surface area (TPSA) is 21.1 Å². The minimum absolute atomic E-state index is 0.644. The van der Waals surface area contributed by atoms with Crippen LogP contribution in [0.5, 0.6) is 0 Å². The maximum absolute atomic E-state index is 6.04. The molecule has 0 unspecified atom stereocenters. The van der Waals surface area contributed by atoms with Gasteiger partial charge in [0.05, 0.1) is 17.6 Å². The van der Waals surface area contributed by atoms with Gasteiger partial charge in [0.15, 0.2) is 0 Å². The van der Waals surface area contributed by atoms with Crippen LogP contribution in [0.3, 0.4) is 0 Å². The van der Waals surface area contributed by atoms with Gasteiger partial charge in [-0.25, -0.2) is 4.98 Å². The Bertz CT molecular complexity index is 882. The number of likely N-dealkylation sites (tertiary alicyclic amines) is 1. The van der Waals surface area contributed by atoms with Gasteiger partial charge in [-0.05, 0) is 68.6 Å². The molecule has 0 radical (unpaired) electrons. The summed E-state index contributed by atoms with van der Waals surface area (Å²) in [6.07, 6.45) is 2.58. The summed E-state index contributed by atoms with van der Waals surface area (Å²) in [5.74, 6) is 1.16. The van der Waals surface area contributed by atoms with Gasteiger partial charge < -0.3 is 4.57 Å². The van der Waals surface area contributed by atoms with Crippen LogP contribution in [-0.4, -0.2) is 27.0 Å². The normalized spacial score (nSPS) is 18.3. The van der Waals surface area contributed by atoms with E-state index in [4.69, 9.17) is 16.6 Å². The lowest BCUT2D eigenvalue weighted by Gasteiger charge is -2.21. The van der Waals surface area contributed by atoms with Gasteiger partial charge in [0.25, 0.3) is 0 Å². The highest BCUT2D eigenvalue weighted by Gasteiger charge is 2.23. The number of rotatable bonds is 4. The van der Waals surface area contributed by atoms with Gasteiger partial charge in [-0.2, -0.15) is 0 Å². The van der Waals surface area contributed by atoms with Crippen LogP contribution in [0.15, 0.2) is 42.5 Å². The van der Waals surface area contributed by atoms with Crippen molar-refractivity contribution >= 4 is 22.6 Å². The molecule has 0 amide bonds. The van der Waals surface area contributed by atoms with Gasteiger partial charge in [0.1, 0.15) is 5.82 Å². The van der Waals surface area contributed by atoms with E-state index in [9.17, 15) is 0 Å². The summed E-state index contributed by atoms with van der Waals surface area (Å²) in [5, 5.41) is 0.779. The summed E-state index contributed by atoms with van der Waals surface area (Å²) in [6.45, 7) is 7.38. The average Bonchev–Trinajstić information content (AvgIpc) is 3.14. The van der Waals surface area contributed by atoms with Crippen LogP contribution in [0.2, 0.25) is 5.02 Å². The van der Waals surface area contributed by atoms with Crippen molar-refractivity contribution in [2.75, 3.05) is 6.54 Å². The molecule has 25 heavy (non-hydrogen) atoms. The van der Waals surface area contributed by atoms with Crippen LogP contribution < -0.4 is 0 Å². The molecule has 1 aliphatic heterocycles. The molecule has 0 N–H and O–H groups in total. The summed E-state index contributed by atoms with van der Waals surface area (Å²) in [7, 11) is 0. The molecule has 2 aromatic carbocycles. The lowest BCUT2D eigenvalue weighted by atomic mass is 10.2. The average molecular weight is 354 g/mol. The van der Waals surface area contributed by atoms with E-state index in [1.165, 1.54) is 36.0 Å². The first kappa shape index (κ1) is 16.6. The number of hydrogen-bond donors (Lipinski definition) is 0. The first-order chi connectivity index (χ1) is 12.1. The predicted molar refractivity (Wildman–Crippen MR) is 104 cm³/mol. The number of halogens is 1. The molecule has 4 heteroatoms. The van der Waals surface area contributed by atoms with Crippen molar-refractivity contribution in [3.8, 4) is 0 Å². The van der Waals surface area contributed by atoms with Crippen LogP contribution in [0.4, 0.5) is 0 Å². The fraction of sp³-hybridized carbons (Fsp3) is 0.381. The van der Waals surface area contributed by atoms with Gasteiger partial charge in [-0.1, -0.05) is 29.8 Å². The maximum Gasteiger partial charge on any atom is 0.124 e. The van der Waals surface area contributed by atoms with Crippen molar-refractivity contribution in [2.24, 2.45) is 0 Å². The Kier molecular flexibility index (Phi) is 4.53. The van der Waals surface area contributed by atoms with Crippen LogP contribution in [0.25, 0.3) is 11.0 Å². The van der Waals surface area contributed by atoms with Crippen molar-refractivity contribution in [2.45, 2.75) is 45.8 Å². The SMILES string of the molecule is Cc1ccc2nc(CN3CCC[C@@H]3C)n(Cc3ccc(Cl)cc3)c2c1. The molecule has 1 atom stereocenters.